The van der Waals surface area contributed by atoms with E-state index in [0.717, 1.165) is 12.8 Å². The summed E-state index contributed by atoms with van der Waals surface area (Å²) in [5.74, 6) is -0.120. The molecule has 0 spiro atoms. The van der Waals surface area contributed by atoms with E-state index in [4.69, 9.17) is 0 Å². The van der Waals surface area contributed by atoms with Crippen molar-refractivity contribution in [1.29, 1.82) is 0 Å². The number of carbonyl (C=O) groups is 1. The van der Waals surface area contributed by atoms with Gasteiger partial charge in [0.1, 0.15) is 5.69 Å². The number of benzene rings is 1. The summed E-state index contributed by atoms with van der Waals surface area (Å²) in [7, 11) is 1.76. The molecular weight excluding hydrogens is 270 g/mol. The Kier molecular flexibility index (Phi) is 6.14. The number of hydrogen-bond acceptors (Lipinski definition) is 4. The fraction of sp³-hybridized carbons (Fsp3) is 0.533. The minimum atomic E-state index is -0.449. The van der Waals surface area contributed by atoms with Crippen LogP contribution in [0.25, 0.3) is 0 Å². The van der Waals surface area contributed by atoms with Crippen molar-refractivity contribution in [3.8, 4) is 0 Å². The molecule has 1 unspecified atom stereocenters. The topological polar surface area (TPSA) is 75.5 Å². The van der Waals surface area contributed by atoms with Crippen molar-refractivity contribution in [3.05, 3.63) is 33.9 Å². The Bertz CT molecular complexity index is 517. The SMILES string of the molecule is CCCC(C)N(C)C(=O)c1ccc([N+](=O)[O-])c(NCC)c1. The summed E-state index contributed by atoms with van der Waals surface area (Å²) in [6.07, 6.45) is 1.93. The van der Waals surface area contributed by atoms with Gasteiger partial charge in [-0.25, -0.2) is 0 Å². The first kappa shape index (κ1) is 16.9. The lowest BCUT2D eigenvalue weighted by Crippen LogP contribution is -2.35. The van der Waals surface area contributed by atoms with Crippen molar-refractivity contribution in [1.82, 2.24) is 4.90 Å². The zero-order chi connectivity index (χ0) is 16.0. The number of anilines is 1. The van der Waals surface area contributed by atoms with Crippen LogP contribution in [0.3, 0.4) is 0 Å². The lowest BCUT2D eigenvalue weighted by Gasteiger charge is -2.24. The Balaban J connectivity index is 3.05. The van der Waals surface area contributed by atoms with Gasteiger partial charge >= 0.3 is 0 Å². The zero-order valence-corrected chi connectivity index (χ0v) is 13.0. The molecule has 1 aromatic carbocycles. The van der Waals surface area contributed by atoms with Crippen LogP contribution in [0.5, 0.6) is 0 Å². The molecule has 0 bridgehead atoms. The number of rotatable bonds is 7. The molecule has 0 heterocycles. The molecule has 1 aromatic rings. The first-order valence-corrected chi connectivity index (χ1v) is 7.21. The Morgan fingerprint density at radius 3 is 2.62 bits per heavy atom. The Hall–Kier alpha value is -2.11. The van der Waals surface area contributed by atoms with Crippen molar-refractivity contribution < 1.29 is 9.72 Å². The van der Waals surface area contributed by atoms with Gasteiger partial charge in [-0.2, -0.15) is 0 Å². The molecule has 1 amide bonds. The number of nitro benzene ring substituents is 1. The third kappa shape index (κ3) is 4.18. The fourth-order valence-electron chi connectivity index (χ4n) is 2.18. The summed E-state index contributed by atoms with van der Waals surface area (Å²) >= 11 is 0. The van der Waals surface area contributed by atoms with E-state index in [0.29, 0.717) is 17.8 Å². The second kappa shape index (κ2) is 7.61. The fourth-order valence-corrected chi connectivity index (χ4v) is 2.18. The van der Waals surface area contributed by atoms with Gasteiger partial charge in [-0.1, -0.05) is 13.3 Å². The van der Waals surface area contributed by atoms with E-state index in [1.165, 1.54) is 12.1 Å². The van der Waals surface area contributed by atoms with Crippen LogP contribution < -0.4 is 5.32 Å². The lowest BCUT2D eigenvalue weighted by atomic mass is 10.1. The van der Waals surface area contributed by atoms with Gasteiger partial charge in [-0.3, -0.25) is 14.9 Å². The summed E-state index contributed by atoms with van der Waals surface area (Å²) < 4.78 is 0. The number of carbonyl (C=O) groups excluding carboxylic acids is 1. The van der Waals surface area contributed by atoms with Gasteiger partial charge in [-0.15, -0.1) is 0 Å². The van der Waals surface area contributed by atoms with Crippen LogP contribution in [0.4, 0.5) is 11.4 Å². The maximum atomic E-state index is 12.4. The van der Waals surface area contributed by atoms with Gasteiger partial charge in [0.15, 0.2) is 0 Å². The average Bonchev–Trinajstić information content (AvgIpc) is 2.46. The van der Waals surface area contributed by atoms with Gasteiger partial charge in [0.2, 0.25) is 0 Å². The number of nitrogens with zero attached hydrogens (tertiary/aromatic N) is 2. The molecule has 0 aromatic heterocycles. The van der Waals surface area contributed by atoms with Gasteiger partial charge in [-0.05, 0) is 32.4 Å². The molecule has 1 rings (SSSR count). The Morgan fingerprint density at radius 2 is 2.10 bits per heavy atom. The summed E-state index contributed by atoms with van der Waals surface area (Å²) in [6, 6.07) is 4.58. The van der Waals surface area contributed by atoms with Crippen LogP contribution in [0.1, 0.15) is 44.0 Å². The van der Waals surface area contributed by atoms with E-state index in [1.807, 2.05) is 13.8 Å². The lowest BCUT2D eigenvalue weighted by molar-refractivity contribution is -0.384. The van der Waals surface area contributed by atoms with Crippen LogP contribution in [0.15, 0.2) is 18.2 Å². The molecular formula is C15H23N3O3. The molecule has 0 saturated carbocycles. The molecule has 6 heteroatoms. The number of nitrogens with one attached hydrogen (secondary N) is 1. The van der Waals surface area contributed by atoms with Crippen molar-refractivity contribution in [2.45, 2.75) is 39.7 Å². The summed E-state index contributed by atoms with van der Waals surface area (Å²) in [6.45, 7) is 6.48. The highest BCUT2D eigenvalue weighted by molar-refractivity contribution is 5.96. The van der Waals surface area contributed by atoms with Crippen LogP contribution in [-0.4, -0.2) is 35.4 Å². The Labute approximate surface area is 125 Å². The molecule has 1 atom stereocenters. The predicted octanol–water partition coefficient (Wildman–Crippen LogP) is 3.29. The summed E-state index contributed by atoms with van der Waals surface area (Å²) in [4.78, 5) is 24.6. The van der Waals surface area contributed by atoms with Crippen LogP contribution in [0, 0.1) is 10.1 Å². The third-order valence-electron chi connectivity index (χ3n) is 3.50. The zero-order valence-electron chi connectivity index (χ0n) is 13.0. The first-order chi connectivity index (χ1) is 9.92. The molecule has 116 valence electrons. The van der Waals surface area contributed by atoms with Gasteiger partial charge in [0, 0.05) is 31.3 Å². The molecule has 0 saturated heterocycles. The monoisotopic (exact) mass is 293 g/mol. The van der Waals surface area contributed by atoms with E-state index in [2.05, 4.69) is 12.2 Å². The Morgan fingerprint density at radius 1 is 1.43 bits per heavy atom. The minimum Gasteiger partial charge on any atom is -0.380 e. The summed E-state index contributed by atoms with van der Waals surface area (Å²) in [5.41, 5.74) is 0.824. The third-order valence-corrected chi connectivity index (χ3v) is 3.50. The highest BCUT2D eigenvalue weighted by Crippen LogP contribution is 2.26. The van der Waals surface area contributed by atoms with Crippen molar-refractivity contribution >= 4 is 17.3 Å². The van der Waals surface area contributed by atoms with E-state index in [1.54, 1.807) is 18.0 Å². The molecule has 0 fully saturated rings. The van der Waals surface area contributed by atoms with Crippen molar-refractivity contribution in [3.63, 3.8) is 0 Å². The number of amides is 1. The van der Waals surface area contributed by atoms with E-state index in [9.17, 15) is 14.9 Å². The quantitative estimate of drug-likeness (QED) is 0.618. The second-order valence-corrected chi connectivity index (χ2v) is 5.07. The number of hydrogen-bond donors (Lipinski definition) is 1. The smallest absolute Gasteiger partial charge is 0.292 e. The van der Waals surface area contributed by atoms with Gasteiger partial charge < -0.3 is 10.2 Å². The maximum absolute atomic E-state index is 12.4. The van der Waals surface area contributed by atoms with Crippen LogP contribution in [0.2, 0.25) is 0 Å². The first-order valence-electron chi connectivity index (χ1n) is 7.21. The average molecular weight is 293 g/mol. The largest absolute Gasteiger partial charge is 0.380 e. The molecule has 0 radical (unpaired) electrons. The van der Waals surface area contributed by atoms with E-state index >= 15 is 0 Å². The highest BCUT2D eigenvalue weighted by Gasteiger charge is 2.20. The van der Waals surface area contributed by atoms with E-state index < -0.39 is 4.92 Å². The number of nitro groups is 1. The van der Waals surface area contributed by atoms with E-state index in [-0.39, 0.29) is 17.6 Å². The van der Waals surface area contributed by atoms with Crippen LogP contribution >= 0.6 is 0 Å². The molecule has 21 heavy (non-hydrogen) atoms. The molecule has 1 N–H and O–H groups in total. The van der Waals surface area contributed by atoms with Crippen molar-refractivity contribution in [2.24, 2.45) is 0 Å². The molecule has 0 aliphatic rings. The van der Waals surface area contributed by atoms with Gasteiger partial charge in [0.25, 0.3) is 11.6 Å². The summed E-state index contributed by atoms with van der Waals surface area (Å²) in [5, 5.41) is 13.9. The predicted molar refractivity (Wildman–Crippen MR) is 83.7 cm³/mol. The van der Waals surface area contributed by atoms with Crippen molar-refractivity contribution in [2.75, 3.05) is 18.9 Å². The normalized spacial score (nSPS) is 11.8. The second-order valence-electron chi connectivity index (χ2n) is 5.07. The standard InChI is InChI=1S/C15H23N3O3/c1-5-7-11(3)17(4)15(19)12-8-9-14(18(20)21)13(10-12)16-6-2/h8-11,16H,5-7H2,1-4H3. The minimum absolute atomic E-state index is 0.0161. The molecule has 0 aliphatic carbocycles. The molecule has 6 nitrogen and oxygen atoms in total. The molecule has 0 aliphatic heterocycles. The maximum Gasteiger partial charge on any atom is 0.292 e. The van der Waals surface area contributed by atoms with Crippen LogP contribution in [-0.2, 0) is 0 Å². The van der Waals surface area contributed by atoms with Gasteiger partial charge in [0.05, 0.1) is 4.92 Å². The highest BCUT2D eigenvalue weighted by atomic mass is 16.6.